The Kier molecular flexibility index (Phi) is 3.00. The Balaban J connectivity index is 2.20. The summed E-state index contributed by atoms with van der Waals surface area (Å²) >= 11 is 11.7. The van der Waals surface area contributed by atoms with Crippen molar-refractivity contribution in [1.29, 1.82) is 0 Å². The van der Waals surface area contributed by atoms with E-state index in [9.17, 15) is 14.4 Å². The van der Waals surface area contributed by atoms with E-state index < -0.39 is 11.6 Å². The van der Waals surface area contributed by atoms with Crippen LogP contribution in [0.2, 0.25) is 10.0 Å². The van der Waals surface area contributed by atoms with Crippen LogP contribution in [0.5, 0.6) is 0 Å². The maximum atomic E-state index is 13.2. The molecular weight excluding hydrogens is 304 g/mol. The molecule has 1 aliphatic rings. The van der Waals surface area contributed by atoms with Gasteiger partial charge in [-0.1, -0.05) is 23.2 Å². The van der Waals surface area contributed by atoms with E-state index in [1.54, 1.807) is 0 Å². The van der Waals surface area contributed by atoms with E-state index >= 15 is 0 Å². The number of hydrogen-bond acceptors (Lipinski definition) is 2. The number of hydrogen-bond donors (Lipinski definition) is 0. The predicted molar refractivity (Wildman–Crippen MR) is 74.6 cm³/mol. The molecule has 1 aliphatic heterocycles. The smallest absolute Gasteiger partial charge is 0.273 e. The summed E-state index contributed by atoms with van der Waals surface area (Å²) < 4.78 is 13.6. The third-order valence-corrected chi connectivity index (χ3v) is 3.77. The van der Waals surface area contributed by atoms with Gasteiger partial charge in [-0.15, -0.1) is 0 Å². The molecule has 1 heterocycles. The van der Waals surface area contributed by atoms with Crippen molar-refractivity contribution in [1.82, 2.24) is 0 Å². The summed E-state index contributed by atoms with van der Waals surface area (Å²) in [5.41, 5.74) is 0.415. The lowest BCUT2D eigenvalue weighted by Crippen LogP contribution is -2.16. The summed E-state index contributed by atoms with van der Waals surface area (Å²) in [7, 11) is 0. The minimum Gasteiger partial charge on any atom is -0.618 e. The van der Waals surface area contributed by atoms with E-state index in [2.05, 4.69) is 0 Å². The van der Waals surface area contributed by atoms with Crippen LogP contribution in [0, 0.1) is 11.0 Å². The summed E-state index contributed by atoms with van der Waals surface area (Å²) in [5.74, 6) is -1.04. The third-order valence-electron chi connectivity index (χ3n) is 3.03. The Morgan fingerprint density at radius 2 is 1.80 bits per heavy atom. The van der Waals surface area contributed by atoms with E-state index in [0.29, 0.717) is 15.3 Å². The van der Waals surface area contributed by atoms with Crippen molar-refractivity contribution >= 4 is 40.4 Å². The molecule has 0 spiro atoms. The highest BCUT2D eigenvalue weighted by Gasteiger charge is 2.37. The summed E-state index contributed by atoms with van der Waals surface area (Å²) in [6, 6.07) is 7.92. The molecule has 0 aliphatic carbocycles. The van der Waals surface area contributed by atoms with Gasteiger partial charge >= 0.3 is 0 Å². The molecule has 0 bridgehead atoms. The van der Waals surface area contributed by atoms with Crippen LogP contribution in [0.3, 0.4) is 0 Å². The number of Topliss-reactive ketones (excluding diaryl/α,β-unsaturated/α-hetero) is 1. The van der Waals surface area contributed by atoms with Crippen LogP contribution in [0.25, 0.3) is 0 Å². The average Bonchev–Trinajstić information content (AvgIpc) is 2.65. The van der Waals surface area contributed by atoms with Crippen molar-refractivity contribution in [2.45, 2.75) is 0 Å². The lowest BCUT2D eigenvalue weighted by Gasteiger charge is -2.03. The second-order valence-electron chi connectivity index (χ2n) is 4.26. The number of rotatable bonds is 1. The molecular formula is C14H6Cl2FNO2. The summed E-state index contributed by atoms with van der Waals surface area (Å²) in [6.45, 7) is 0. The Morgan fingerprint density at radius 3 is 2.50 bits per heavy atom. The largest absolute Gasteiger partial charge is 0.618 e. The molecule has 0 saturated carbocycles. The lowest BCUT2D eigenvalue weighted by atomic mass is 10.0. The number of nitrogens with zero attached hydrogens (tertiary/aromatic N) is 1. The summed E-state index contributed by atoms with van der Waals surface area (Å²) in [5, 5.41) is 12.7. The van der Waals surface area contributed by atoms with Crippen molar-refractivity contribution in [2.24, 2.45) is 0 Å². The first-order chi connectivity index (χ1) is 9.49. The number of fused-ring (bicyclic) bond motifs is 1. The Morgan fingerprint density at radius 1 is 1.05 bits per heavy atom. The van der Waals surface area contributed by atoms with Gasteiger partial charge in [0.1, 0.15) is 11.4 Å². The molecule has 100 valence electrons. The number of ketones is 1. The normalized spacial score (nSPS) is 13.8. The number of halogens is 3. The van der Waals surface area contributed by atoms with Crippen molar-refractivity contribution in [2.75, 3.05) is 0 Å². The van der Waals surface area contributed by atoms with E-state index in [1.165, 1.54) is 24.3 Å². The van der Waals surface area contributed by atoms with Crippen LogP contribution < -0.4 is 0 Å². The molecule has 20 heavy (non-hydrogen) atoms. The van der Waals surface area contributed by atoms with E-state index in [4.69, 9.17) is 23.2 Å². The fourth-order valence-corrected chi connectivity index (χ4v) is 2.39. The number of carbonyl (C=O) groups excluding carboxylic acids is 1. The zero-order valence-electron chi connectivity index (χ0n) is 9.86. The quantitative estimate of drug-likeness (QED) is 0.591. The second-order valence-corrected chi connectivity index (χ2v) is 5.08. The molecule has 0 amide bonds. The van der Waals surface area contributed by atoms with Gasteiger partial charge in [-0.3, -0.25) is 4.79 Å². The fourth-order valence-electron chi connectivity index (χ4n) is 2.10. The minimum atomic E-state index is -0.576. The maximum Gasteiger partial charge on any atom is 0.273 e. The standard InChI is InChI=1S/C14H6Cl2FNO2/c15-10-4-1-7(5-11(10)16)13-14(19)9-3-2-8(17)6-12(9)18(13)20/h1-6H. The van der Waals surface area contributed by atoms with Crippen molar-refractivity contribution in [3.05, 3.63) is 68.6 Å². The summed E-state index contributed by atoms with van der Waals surface area (Å²) in [6.07, 6.45) is 0. The van der Waals surface area contributed by atoms with Gasteiger partial charge in [0, 0.05) is 6.07 Å². The van der Waals surface area contributed by atoms with Gasteiger partial charge in [-0.05, 0) is 30.3 Å². The van der Waals surface area contributed by atoms with Gasteiger partial charge in [0.2, 0.25) is 5.69 Å². The highest BCUT2D eigenvalue weighted by atomic mass is 35.5. The Bertz CT molecular complexity index is 787. The zero-order valence-corrected chi connectivity index (χ0v) is 11.4. The van der Waals surface area contributed by atoms with Crippen LogP contribution in [-0.2, 0) is 0 Å². The van der Waals surface area contributed by atoms with E-state index in [-0.39, 0.29) is 22.0 Å². The Labute approximate surface area is 123 Å². The van der Waals surface area contributed by atoms with Crippen molar-refractivity contribution in [3.63, 3.8) is 0 Å². The topological polar surface area (TPSA) is 43.1 Å². The molecule has 6 heteroatoms. The molecule has 3 rings (SSSR count). The molecule has 0 aromatic heterocycles. The first kappa shape index (κ1) is 13.1. The Hall–Kier alpha value is -1.91. The molecule has 0 radical (unpaired) electrons. The fraction of sp³-hybridized carbons (Fsp3) is 0. The van der Waals surface area contributed by atoms with Gasteiger partial charge in [-0.2, -0.15) is 4.74 Å². The monoisotopic (exact) mass is 309 g/mol. The SMILES string of the molecule is O=C1C(c2ccc(Cl)c(Cl)c2)=[N+]([O-])c2cc(F)ccc21. The van der Waals surface area contributed by atoms with E-state index in [1.807, 2.05) is 0 Å². The van der Waals surface area contributed by atoms with Crippen LogP contribution in [0.1, 0.15) is 15.9 Å². The van der Waals surface area contributed by atoms with E-state index in [0.717, 1.165) is 12.1 Å². The van der Waals surface area contributed by atoms with Gasteiger partial charge in [0.05, 0.1) is 15.6 Å². The molecule has 0 saturated heterocycles. The molecule has 0 atom stereocenters. The first-order valence-electron chi connectivity index (χ1n) is 5.63. The van der Waals surface area contributed by atoms with Gasteiger partial charge in [0.15, 0.2) is 0 Å². The lowest BCUT2D eigenvalue weighted by molar-refractivity contribution is -0.355. The first-order valence-corrected chi connectivity index (χ1v) is 6.38. The molecule has 2 aromatic carbocycles. The maximum absolute atomic E-state index is 13.2. The van der Waals surface area contributed by atoms with Crippen LogP contribution >= 0.6 is 23.2 Å². The number of benzene rings is 2. The van der Waals surface area contributed by atoms with Crippen LogP contribution in [0.4, 0.5) is 10.1 Å². The van der Waals surface area contributed by atoms with Crippen molar-refractivity contribution < 1.29 is 13.9 Å². The zero-order chi connectivity index (χ0) is 14.4. The summed E-state index contributed by atoms with van der Waals surface area (Å²) in [4.78, 5) is 12.2. The van der Waals surface area contributed by atoms with Crippen LogP contribution in [0.15, 0.2) is 36.4 Å². The van der Waals surface area contributed by atoms with Crippen molar-refractivity contribution in [3.8, 4) is 0 Å². The molecule has 0 unspecified atom stereocenters. The number of carbonyl (C=O) groups is 1. The highest BCUT2D eigenvalue weighted by Crippen LogP contribution is 2.30. The average molecular weight is 310 g/mol. The van der Waals surface area contributed by atoms with Gasteiger partial charge in [-0.25, -0.2) is 4.39 Å². The van der Waals surface area contributed by atoms with Gasteiger partial charge in [0.25, 0.3) is 11.5 Å². The van der Waals surface area contributed by atoms with Crippen LogP contribution in [-0.4, -0.2) is 16.2 Å². The third kappa shape index (κ3) is 1.88. The molecule has 3 nitrogen and oxygen atoms in total. The molecule has 2 aromatic rings. The molecule has 0 N–H and O–H groups in total. The molecule has 0 fully saturated rings. The highest BCUT2D eigenvalue weighted by molar-refractivity contribution is 6.52. The van der Waals surface area contributed by atoms with Gasteiger partial charge < -0.3 is 5.21 Å². The minimum absolute atomic E-state index is 0.00364. The predicted octanol–water partition coefficient (Wildman–Crippen LogP) is 3.96. The second kappa shape index (κ2) is 4.58.